The van der Waals surface area contributed by atoms with E-state index in [1.54, 1.807) is 12.1 Å². The fourth-order valence-electron chi connectivity index (χ4n) is 3.53. The second-order valence-electron chi connectivity index (χ2n) is 7.46. The Hall–Kier alpha value is -2.84. The number of anilines is 1. The van der Waals surface area contributed by atoms with Gasteiger partial charge in [-0.2, -0.15) is 26.3 Å². The summed E-state index contributed by atoms with van der Waals surface area (Å²) >= 11 is 0. The van der Waals surface area contributed by atoms with Crippen molar-refractivity contribution in [3.63, 3.8) is 0 Å². The number of amides is 1. The normalized spacial score (nSPS) is 14.1. The zero-order valence-corrected chi connectivity index (χ0v) is 16.3. The highest BCUT2D eigenvalue weighted by molar-refractivity contribution is 6.00. The molecule has 0 unspecified atom stereocenters. The number of halogens is 6. The minimum atomic E-state index is -5.01. The van der Waals surface area contributed by atoms with Gasteiger partial charge in [-0.05, 0) is 61.1 Å². The van der Waals surface area contributed by atoms with Crippen LogP contribution in [0.3, 0.4) is 0 Å². The molecular weight excluding hydrogens is 424 g/mol. The molecule has 2 aromatic rings. The maximum absolute atomic E-state index is 12.9. The zero-order chi connectivity index (χ0) is 22.8. The number of fused-ring (bicyclic) bond motifs is 1. The highest BCUT2D eigenvalue weighted by atomic mass is 19.4. The van der Waals surface area contributed by atoms with Crippen molar-refractivity contribution in [2.24, 2.45) is 0 Å². The van der Waals surface area contributed by atoms with Gasteiger partial charge >= 0.3 is 12.4 Å². The van der Waals surface area contributed by atoms with E-state index in [0.29, 0.717) is 17.7 Å². The molecule has 0 bridgehead atoms. The summed E-state index contributed by atoms with van der Waals surface area (Å²) in [6.07, 6.45) is -6.66. The molecule has 0 spiro atoms. The largest absolute Gasteiger partial charge is 0.416 e. The van der Waals surface area contributed by atoms with Crippen LogP contribution in [0.15, 0.2) is 36.4 Å². The van der Waals surface area contributed by atoms with Crippen molar-refractivity contribution in [3.05, 3.63) is 64.2 Å². The molecule has 0 saturated carbocycles. The van der Waals surface area contributed by atoms with Gasteiger partial charge in [-0.3, -0.25) is 9.59 Å². The Labute approximate surface area is 174 Å². The van der Waals surface area contributed by atoms with Gasteiger partial charge in [-0.15, -0.1) is 0 Å². The van der Waals surface area contributed by atoms with Crippen molar-refractivity contribution >= 4 is 17.4 Å². The maximum atomic E-state index is 12.9. The summed E-state index contributed by atoms with van der Waals surface area (Å²) in [5, 5.41) is 2.03. The molecule has 0 aliphatic heterocycles. The summed E-state index contributed by atoms with van der Waals surface area (Å²) in [6.45, 7) is 0. The standard InChI is InChI=1S/C22H19F6NO2/c23-21(24,25)16-10-17(22(26,27)28)12-18(11-16)29-20(31)8-7-19(30)15-6-5-13-3-1-2-4-14(13)9-15/h5-6,9-12H,1-4,7-8H2,(H,29,31). The first-order valence-electron chi connectivity index (χ1n) is 9.68. The molecule has 2 aromatic carbocycles. The molecule has 0 atom stereocenters. The molecule has 1 N–H and O–H groups in total. The molecule has 9 heteroatoms. The van der Waals surface area contributed by atoms with Gasteiger partial charge in [0.15, 0.2) is 5.78 Å². The number of alkyl halides is 6. The van der Waals surface area contributed by atoms with Crippen LogP contribution in [0.2, 0.25) is 0 Å². The number of rotatable bonds is 5. The molecular formula is C22H19F6NO2. The highest BCUT2D eigenvalue weighted by Crippen LogP contribution is 2.37. The average Bonchev–Trinajstić information content (AvgIpc) is 2.70. The van der Waals surface area contributed by atoms with Crippen molar-refractivity contribution in [3.8, 4) is 0 Å². The molecule has 0 aromatic heterocycles. The number of ketones is 1. The van der Waals surface area contributed by atoms with Gasteiger partial charge in [0.05, 0.1) is 11.1 Å². The van der Waals surface area contributed by atoms with E-state index in [0.717, 1.165) is 31.2 Å². The number of nitrogens with one attached hydrogen (secondary N) is 1. The van der Waals surface area contributed by atoms with Crippen LogP contribution >= 0.6 is 0 Å². The molecule has 3 rings (SSSR count). The Morgan fingerprint density at radius 1 is 0.774 bits per heavy atom. The molecule has 0 heterocycles. The van der Waals surface area contributed by atoms with Gasteiger partial charge < -0.3 is 5.32 Å². The molecule has 1 aliphatic carbocycles. The minimum Gasteiger partial charge on any atom is -0.326 e. The van der Waals surface area contributed by atoms with Gasteiger partial charge in [-0.25, -0.2) is 0 Å². The minimum absolute atomic E-state index is 0.0186. The van der Waals surface area contributed by atoms with Gasteiger partial charge in [0, 0.05) is 24.1 Å². The molecule has 0 fully saturated rings. The number of Topliss-reactive ketones (excluding diaryl/α,β-unsaturated/α-hetero) is 1. The van der Waals surface area contributed by atoms with Crippen LogP contribution in [0, 0.1) is 0 Å². The van der Waals surface area contributed by atoms with Crippen LogP contribution in [0.25, 0.3) is 0 Å². The van der Waals surface area contributed by atoms with Crippen LogP contribution < -0.4 is 5.32 Å². The predicted octanol–water partition coefficient (Wildman–Crippen LogP) is 6.20. The summed E-state index contributed by atoms with van der Waals surface area (Å²) < 4.78 is 77.5. The SMILES string of the molecule is O=C(CCC(=O)c1ccc2c(c1)CCCC2)Nc1cc(C(F)(F)F)cc(C(F)(F)F)c1. The van der Waals surface area contributed by atoms with Crippen LogP contribution in [0.4, 0.5) is 32.0 Å². The zero-order valence-electron chi connectivity index (χ0n) is 16.3. The molecule has 0 saturated heterocycles. The smallest absolute Gasteiger partial charge is 0.326 e. The topological polar surface area (TPSA) is 46.2 Å². The third-order valence-corrected chi connectivity index (χ3v) is 5.12. The molecule has 0 radical (unpaired) electrons. The van der Waals surface area contributed by atoms with Crippen LogP contribution in [-0.2, 0) is 30.0 Å². The number of carbonyl (C=O) groups excluding carboxylic acids is 2. The summed E-state index contributed by atoms with van der Waals surface area (Å²) in [7, 11) is 0. The molecule has 31 heavy (non-hydrogen) atoms. The summed E-state index contributed by atoms with van der Waals surface area (Å²) in [5.41, 5.74) is -0.971. The van der Waals surface area contributed by atoms with E-state index < -0.39 is 35.1 Å². The first-order valence-corrected chi connectivity index (χ1v) is 9.68. The van der Waals surface area contributed by atoms with E-state index in [9.17, 15) is 35.9 Å². The number of hydrogen-bond acceptors (Lipinski definition) is 2. The predicted molar refractivity (Wildman–Crippen MR) is 102 cm³/mol. The van der Waals surface area contributed by atoms with E-state index in [4.69, 9.17) is 0 Å². The van der Waals surface area contributed by atoms with Crippen LogP contribution in [-0.4, -0.2) is 11.7 Å². The van der Waals surface area contributed by atoms with E-state index in [1.807, 2.05) is 11.4 Å². The van der Waals surface area contributed by atoms with Crippen LogP contribution in [0.5, 0.6) is 0 Å². The average molecular weight is 443 g/mol. The molecule has 3 nitrogen and oxygen atoms in total. The number of aryl methyl sites for hydroxylation is 2. The third kappa shape index (κ3) is 5.86. The number of hydrogen-bond donors (Lipinski definition) is 1. The Bertz CT molecular complexity index is 962. The monoisotopic (exact) mass is 443 g/mol. The lowest BCUT2D eigenvalue weighted by Crippen LogP contribution is -2.16. The summed E-state index contributed by atoms with van der Waals surface area (Å²) in [4.78, 5) is 24.5. The molecule has 166 valence electrons. The number of benzene rings is 2. The second-order valence-corrected chi connectivity index (χ2v) is 7.46. The van der Waals surface area contributed by atoms with Crippen molar-refractivity contribution < 1.29 is 35.9 Å². The van der Waals surface area contributed by atoms with Gasteiger partial charge in [0.1, 0.15) is 0 Å². The van der Waals surface area contributed by atoms with E-state index in [1.165, 1.54) is 5.56 Å². The highest BCUT2D eigenvalue weighted by Gasteiger charge is 2.37. The maximum Gasteiger partial charge on any atom is 0.416 e. The van der Waals surface area contributed by atoms with Gasteiger partial charge in [0.2, 0.25) is 5.91 Å². The second kappa shape index (κ2) is 8.72. The Balaban J connectivity index is 1.67. The van der Waals surface area contributed by atoms with Crippen molar-refractivity contribution in [2.75, 3.05) is 5.32 Å². The molecule has 1 amide bonds. The fraction of sp³-hybridized carbons (Fsp3) is 0.364. The lowest BCUT2D eigenvalue weighted by molar-refractivity contribution is -0.143. The summed E-state index contributed by atoms with van der Waals surface area (Å²) in [6, 6.07) is 6.18. The van der Waals surface area contributed by atoms with Gasteiger partial charge in [-0.1, -0.05) is 12.1 Å². The Morgan fingerprint density at radius 2 is 1.35 bits per heavy atom. The quantitative estimate of drug-likeness (QED) is 0.442. The fourth-order valence-corrected chi connectivity index (χ4v) is 3.53. The first-order chi connectivity index (χ1) is 14.4. The van der Waals surface area contributed by atoms with E-state index in [2.05, 4.69) is 0 Å². The first kappa shape index (κ1) is 22.8. The van der Waals surface area contributed by atoms with Gasteiger partial charge in [0.25, 0.3) is 0 Å². The summed E-state index contributed by atoms with van der Waals surface area (Å²) in [5.74, 6) is -1.16. The van der Waals surface area contributed by atoms with E-state index in [-0.39, 0.29) is 24.7 Å². The molecule has 1 aliphatic rings. The lowest BCUT2D eigenvalue weighted by atomic mass is 9.89. The Morgan fingerprint density at radius 3 is 1.94 bits per heavy atom. The van der Waals surface area contributed by atoms with Crippen LogP contribution in [0.1, 0.15) is 58.3 Å². The third-order valence-electron chi connectivity index (χ3n) is 5.12. The van der Waals surface area contributed by atoms with E-state index >= 15 is 0 Å². The van der Waals surface area contributed by atoms with Crippen molar-refractivity contribution in [1.29, 1.82) is 0 Å². The lowest BCUT2D eigenvalue weighted by Gasteiger charge is -2.16. The number of carbonyl (C=O) groups is 2. The van der Waals surface area contributed by atoms with Crippen molar-refractivity contribution in [1.82, 2.24) is 0 Å². The van der Waals surface area contributed by atoms with Crippen molar-refractivity contribution in [2.45, 2.75) is 50.9 Å². The Kier molecular flexibility index (Phi) is 6.43.